The van der Waals surface area contributed by atoms with Gasteiger partial charge in [-0.25, -0.2) is 9.37 Å². The monoisotopic (exact) mass is 422 g/mol. The molecule has 1 amide bonds. The molecule has 1 heterocycles. The van der Waals surface area contributed by atoms with Crippen LogP contribution < -0.4 is 10.6 Å². The van der Waals surface area contributed by atoms with E-state index >= 15 is 0 Å². The number of carbonyl (C=O) groups is 1. The Morgan fingerprint density at radius 3 is 2.80 bits per heavy atom. The summed E-state index contributed by atoms with van der Waals surface area (Å²) in [5.74, 6) is -0.726. The number of rotatable bonds is 4. The molecule has 5 nitrogen and oxygen atoms in total. The minimum atomic E-state index is -0.515. The van der Waals surface area contributed by atoms with Crippen LogP contribution >= 0.6 is 27.5 Å². The number of hydrogen-bond acceptors (Lipinski definition) is 3. The molecular weight excluding hydrogens is 411 g/mol. The highest BCUT2D eigenvalue weighted by Crippen LogP contribution is 2.29. The van der Waals surface area contributed by atoms with Crippen LogP contribution in [0.5, 0.6) is 0 Å². The minimum Gasteiger partial charge on any atom is -0.386 e. The average molecular weight is 424 g/mol. The fourth-order valence-electron chi connectivity index (χ4n) is 2.32. The molecule has 0 unspecified atom stereocenters. The third kappa shape index (κ3) is 3.67. The van der Waals surface area contributed by atoms with E-state index in [9.17, 15) is 9.18 Å². The van der Waals surface area contributed by atoms with E-state index in [4.69, 9.17) is 11.6 Å². The van der Waals surface area contributed by atoms with Crippen molar-refractivity contribution in [1.82, 2.24) is 9.97 Å². The number of nitrogens with one attached hydrogen (secondary N) is 3. The van der Waals surface area contributed by atoms with E-state index in [0.29, 0.717) is 5.69 Å². The lowest BCUT2D eigenvalue weighted by atomic mass is 10.2. The van der Waals surface area contributed by atoms with Crippen molar-refractivity contribution < 1.29 is 9.18 Å². The first-order valence-corrected chi connectivity index (χ1v) is 8.44. The molecule has 0 atom stereocenters. The molecule has 0 radical (unpaired) electrons. The van der Waals surface area contributed by atoms with Crippen LogP contribution in [0.25, 0.3) is 11.4 Å². The Morgan fingerprint density at radius 1 is 1.28 bits per heavy atom. The standard InChI is InChI=1S/C17H13BrClFN4O/c1-21-12-6-5-9(18)7-13(12)24-17(25)14-8-22-16(23-14)15-10(19)3-2-4-11(15)20/h2-8,21H,1H3,(H,22,23)(H,24,25). The van der Waals surface area contributed by atoms with Crippen molar-refractivity contribution >= 4 is 44.8 Å². The zero-order chi connectivity index (χ0) is 18.0. The molecule has 0 saturated heterocycles. The van der Waals surface area contributed by atoms with Gasteiger partial charge in [0, 0.05) is 11.5 Å². The summed E-state index contributed by atoms with van der Waals surface area (Å²) in [4.78, 5) is 19.3. The molecule has 0 aliphatic rings. The highest BCUT2D eigenvalue weighted by Gasteiger charge is 2.16. The molecule has 128 valence electrons. The number of aromatic nitrogens is 2. The van der Waals surface area contributed by atoms with E-state index in [-0.39, 0.29) is 22.1 Å². The van der Waals surface area contributed by atoms with Crippen LogP contribution in [0.2, 0.25) is 5.02 Å². The summed E-state index contributed by atoms with van der Waals surface area (Å²) in [7, 11) is 1.76. The largest absolute Gasteiger partial charge is 0.386 e. The van der Waals surface area contributed by atoms with Gasteiger partial charge >= 0.3 is 0 Å². The van der Waals surface area contributed by atoms with Crippen molar-refractivity contribution in [1.29, 1.82) is 0 Å². The molecule has 1 aromatic heterocycles. The Labute approximate surface area is 156 Å². The van der Waals surface area contributed by atoms with Crippen LogP contribution in [0.4, 0.5) is 15.8 Å². The highest BCUT2D eigenvalue weighted by molar-refractivity contribution is 9.10. The van der Waals surface area contributed by atoms with Gasteiger partial charge in [-0.1, -0.05) is 33.6 Å². The van der Waals surface area contributed by atoms with Crippen LogP contribution in [0.1, 0.15) is 10.5 Å². The van der Waals surface area contributed by atoms with Gasteiger partial charge in [0.15, 0.2) is 0 Å². The molecule has 3 N–H and O–H groups in total. The molecule has 0 aliphatic heterocycles. The Kier molecular flexibility index (Phi) is 5.06. The molecule has 2 aromatic carbocycles. The molecular formula is C17H13BrClFN4O. The second kappa shape index (κ2) is 7.25. The fourth-order valence-corrected chi connectivity index (χ4v) is 2.93. The van der Waals surface area contributed by atoms with Crippen molar-refractivity contribution in [2.24, 2.45) is 0 Å². The van der Waals surface area contributed by atoms with E-state index in [1.165, 1.54) is 18.3 Å². The van der Waals surface area contributed by atoms with Gasteiger partial charge in [-0.15, -0.1) is 0 Å². The molecule has 0 saturated carbocycles. The van der Waals surface area contributed by atoms with Gasteiger partial charge in [-0.05, 0) is 30.3 Å². The fraction of sp³-hybridized carbons (Fsp3) is 0.0588. The van der Waals surface area contributed by atoms with Gasteiger partial charge in [0.1, 0.15) is 17.3 Å². The van der Waals surface area contributed by atoms with E-state index in [1.54, 1.807) is 19.2 Å². The molecule has 25 heavy (non-hydrogen) atoms. The summed E-state index contributed by atoms with van der Waals surface area (Å²) < 4.78 is 14.8. The number of anilines is 2. The predicted octanol–water partition coefficient (Wildman–Crippen LogP) is 4.93. The molecule has 8 heteroatoms. The number of aromatic amines is 1. The summed E-state index contributed by atoms with van der Waals surface area (Å²) >= 11 is 9.39. The third-order valence-corrected chi connectivity index (χ3v) is 4.33. The Hall–Kier alpha value is -2.38. The lowest BCUT2D eigenvalue weighted by molar-refractivity contribution is 0.102. The lowest BCUT2D eigenvalue weighted by Gasteiger charge is -2.10. The number of H-pyrrole nitrogens is 1. The normalized spacial score (nSPS) is 10.6. The van der Waals surface area contributed by atoms with E-state index < -0.39 is 11.7 Å². The van der Waals surface area contributed by atoms with Gasteiger partial charge in [-0.3, -0.25) is 4.79 Å². The quantitative estimate of drug-likeness (QED) is 0.557. The van der Waals surface area contributed by atoms with Crippen LogP contribution in [0.15, 0.2) is 47.1 Å². The van der Waals surface area contributed by atoms with Crippen LogP contribution in [-0.4, -0.2) is 22.9 Å². The Balaban J connectivity index is 1.88. The van der Waals surface area contributed by atoms with Crippen molar-refractivity contribution in [2.75, 3.05) is 17.7 Å². The molecule has 0 aliphatic carbocycles. The Morgan fingerprint density at radius 2 is 2.08 bits per heavy atom. The average Bonchev–Trinajstić information content (AvgIpc) is 3.05. The van der Waals surface area contributed by atoms with E-state index in [0.717, 1.165) is 10.2 Å². The first-order chi connectivity index (χ1) is 12.0. The third-order valence-electron chi connectivity index (χ3n) is 3.52. The number of imidazole rings is 1. The van der Waals surface area contributed by atoms with Gasteiger partial charge in [-0.2, -0.15) is 0 Å². The predicted molar refractivity (Wildman–Crippen MR) is 101 cm³/mol. The van der Waals surface area contributed by atoms with Crippen LogP contribution in [0.3, 0.4) is 0 Å². The number of carbonyl (C=O) groups excluding carboxylic acids is 1. The van der Waals surface area contributed by atoms with Crippen molar-refractivity contribution in [2.45, 2.75) is 0 Å². The zero-order valence-corrected chi connectivity index (χ0v) is 15.4. The van der Waals surface area contributed by atoms with Gasteiger partial charge in [0.05, 0.1) is 28.2 Å². The van der Waals surface area contributed by atoms with E-state index in [2.05, 4.69) is 36.5 Å². The van der Waals surface area contributed by atoms with Gasteiger partial charge in [0.2, 0.25) is 0 Å². The summed E-state index contributed by atoms with van der Waals surface area (Å²) in [6.45, 7) is 0. The number of nitrogens with zero attached hydrogens (tertiary/aromatic N) is 1. The maximum absolute atomic E-state index is 14.0. The smallest absolute Gasteiger partial charge is 0.273 e. The maximum atomic E-state index is 14.0. The minimum absolute atomic E-state index is 0.126. The first-order valence-electron chi connectivity index (χ1n) is 7.27. The summed E-state index contributed by atoms with van der Waals surface area (Å²) in [5, 5.41) is 5.99. The van der Waals surface area contributed by atoms with Gasteiger partial charge < -0.3 is 15.6 Å². The Bertz CT molecular complexity index is 924. The molecule has 0 fully saturated rings. The summed E-state index contributed by atoms with van der Waals surface area (Å²) in [6, 6.07) is 9.80. The molecule has 0 bridgehead atoms. The van der Waals surface area contributed by atoms with Crippen LogP contribution in [-0.2, 0) is 0 Å². The van der Waals surface area contributed by atoms with Crippen molar-refractivity contribution in [3.8, 4) is 11.4 Å². The lowest BCUT2D eigenvalue weighted by Crippen LogP contribution is -2.13. The van der Waals surface area contributed by atoms with E-state index in [1.807, 2.05) is 12.1 Å². The second-order valence-corrected chi connectivity index (χ2v) is 6.46. The first kappa shape index (κ1) is 17.4. The number of amides is 1. The molecule has 0 spiro atoms. The van der Waals surface area contributed by atoms with Crippen LogP contribution in [0, 0.1) is 5.82 Å². The molecule has 3 rings (SSSR count). The highest BCUT2D eigenvalue weighted by atomic mass is 79.9. The topological polar surface area (TPSA) is 69.8 Å². The van der Waals surface area contributed by atoms with Gasteiger partial charge in [0.25, 0.3) is 5.91 Å². The summed E-state index contributed by atoms with van der Waals surface area (Å²) in [5.41, 5.74) is 1.67. The van der Waals surface area contributed by atoms with Crippen molar-refractivity contribution in [3.63, 3.8) is 0 Å². The SMILES string of the molecule is CNc1ccc(Br)cc1NC(=O)c1cnc(-c2c(F)cccc2Cl)[nH]1. The number of benzene rings is 2. The molecule has 3 aromatic rings. The van der Waals surface area contributed by atoms with Crippen molar-refractivity contribution in [3.05, 3.63) is 63.6 Å². The number of halogens is 3. The maximum Gasteiger partial charge on any atom is 0.273 e. The second-order valence-electron chi connectivity index (χ2n) is 5.14. The summed E-state index contributed by atoms with van der Waals surface area (Å²) in [6.07, 6.45) is 1.34. The zero-order valence-electron chi connectivity index (χ0n) is 13.0. The number of hydrogen-bond donors (Lipinski definition) is 3.